The Morgan fingerprint density at radius 3 is 2.63 bits per heavy atom. The van der Waals surface area contributed by atoms with E-state index in [0.29, 0.717) is 23.9 Å². The fourth-order valence-electron chi connectivity index (χ4n) is 3.03. The summed E-state index contributed by atoms with van der Waals surface area (Å²) in [7, 11) is 0. The lowest BCUT2D eigenvalue weighted by Crippen LogP contribution is -2.36. The average Bonchev–Trinajstić information content (AvgIpc) is 3.20. The Morgan fingerprint density at radius 2 is 1.93 bits per heavy atom. The number of nitrogens with zero attached hydrogens (tertiary/aromatic N) is 4. The summed E-state index contributed by atoms with van der Waals surface area (Å²) in [4.78, 5) is 26.2. The van der Waals surface area contributed by atoms with Crippen LogP contribution in [0.25, 0.3) is 5.69 Å². The Labute approximate surface area is 180 Å². The average molecular weight is 424 g/mol. The van der Waals surface area contributed by atoms with Crippen molar-refractivity contribution in [3.63, 3.8) is 0 Å². The van der Waals surface area contributed by atoms with Crippen LogP contribution in [0.2, 0.25) is 0 Å². The maximum atomic E-state index is 13.0. The second-order valence-electron chi connectivity index (χ2n) is 6.81. The van der Waals surface area contributed by atoms with E-state index in [4.69, 9.17) is 0 Å². The van der Waals surface area contributed by atoms with Gasteiger partial charge in [-0.1, -0.05) is 48.2 Å². The molecule has 0 saturated heterocycles. The van der Waals surface area contributed by atoms with Crippen LogP contribution >= 0.6 is 11.8 Å². The Balaban J connectivity index is 1.73. The van der Waals surface area contributed by atoms with Gasteiger partial charge < -0.3 is 10.2 Å². The van der Waals surface area contributed by atoms with Crippen molar-refractivity contribution in [3.05, 3.63) is 66.5 Å². The van der Waals surface area contributed by atoms with E-state index in [-0.39, 0.29) is 17.1 Å². The standard InChI is InChI=1S/C22H25N5O2S/c1-4-26(14-18-9-6-5-7-10-18)21(29)16(2)30-22-25-23-15-27(22)20-12-8-11-19(13-20)24-17(3)28/h5-13,15-16H,4,14H2,1-3H3,(H,24,28). The molecule has 0 aliphatic rings. The molecule has 1 atom stereocenters. The minimum Gasteiger partial charge on any atom is -0.338 e. The summed E-state index contributed by atoms with van der Waals surface area (Å²) in [6.07, 6.45) is 1.61. The molecule has 8 heteroatoms. The summed E-state index contributed by atoms with van der Waals surface area (Å²) in [6, 6.07) is 17.4. The van der Waals surface area contributed by atoms with E-state index in [9.17, 15) is 9.59 Å². The quantitative estimate of drug-likeness (QED) is 0.558. The number of aromatic nitrogens is 3. The number of carbonyl (C=O) groups excluding carboxylic acids is 2. The summed E-state index contributed by atoms with van der Waals surface area (Å²) < 4.78 is 1.81. The van der Waals surface area contributed by atoms with Crippen LogP contribution in [0.4, 0.5) is 5.69 Å². The van der Waals surface area contributed by atoms with Crippen LogP contribution < -0.4 is 5.32 Å². The third-order valence-electron chi connectivity index (χ3n) is 4.50. The maximum absolute atomic E-state index is 13.0. The molecule has 156 valence electrons. The van der Waals surface area contributed by atoms with Gasteiger partial charge in [0.1, 0.15) is 6.33 Å². The van der Waals surface area contributed by atoms with Gasteiger partial charge in [-0.3, -0.25) is 14.2 Å². The van der Waals surface area contributed by atoms with Crippen LogP contribution in [0.15, 0.2) is 66.1 Å². The zero-order valence-electron chi connectivity index (χ0n) is 17.3. The summed E-state index contributed by atoms with van der Waals surface area (Å²) >= 11 is 1.36. The normalized spacial score (nSPS) is 11.7. The van der Waals surface area contributed by atoms with Gasteiger partial charge in [0.05, 0.1) is 10.9 Å². The molecule has 1 heterocycles. The third-order valence-corrected chi connectivity index (χ3v) is 5.55. The Bertz CT molecular complexity index is 1010. The molecule has 0 radical (unpaired) electrons. The Morgan fingerprint density at radius 1 is 1.17 bits per heavy atom. The van der Waals surface area contributed by atoms with Crippen molar-refractivity contribution in [2.45, 2.75) is 37.7 Å². The minimum atomic E-state index is -0.324. The Kier molecular flexibility index (Phi) is 7.24. The lowest BCUT2D eigenvalue weighted by molar-refractivity contribution is -0.130. The zero-order chi connectivity index (χ0) is 21.5. The number of carbonyl (C=O) groups is 2. The molecule has 2 aromatic carbocycles. The summed E-state index contributed by atoms with van der Waals surface area (Å²) in [5, 5.41) is 11.3. The van der Waals surface area contributed by atoms with Gasteiger partial charge in [-0.05, 0) is 37.6 Å². The summed E-state index contributed by atoms with van der Waals surface area (Å²) in [5.41, 5.74) is 2.60. The van der Waals surface area contributed by atoms with E-state index >= 15 is 0 Å². The summed E-state index contributed by atoms with van der Waals surface area (Å²) in [5.74, 6) is -0.0873. The number of hydrogen-bond acceptors (Lipinski definition) is 5. The predicted octanol–water partition coefficient (Wildman–Crippen LogP) is 3.76. The number of hydrogen-bond donors (Lipinski definition) is 1. The molecule has 0 aliphatic carbocycles. The number of nitrogens with one attached hydrogen (secondary N) is 1. The van der Waals surface area contributed by atoms with E-state index < -0.39 is 0 Å². The van der Waals surface area contributed by atoms with Crippen molar-refractivity contribution >= 4 is 29.3 Å². The molecule has 1 unspecified atom stereocenters. The first-order valence-electron chi connectivity index (χ1n) is 9.75. The highest BCUT2D eigenvalue weighted by Gasteiger charge is 2.23. The van der Waals surface area contributed by atoms with Gasteiger partial charge in [-0.2, -0.15) is 0 Å². The van der Waals surface area contributed by atoms with Crippen molar-refractivity contribution in [1.29, 1.82) is 0 Å². The molecule has 30 heavy (non-hydrogen) atoms. The van der Waals surface area contributed by atoms with Crippen LogP contribution in [-0.4, -0.2) is 43.3 Å². The molecule has 7 nitrogen and oxygen atoms in total. The molecule has 0 fully saturated rings. The van der Waals surface area contributed by atoms with Crippen molar-refractivity contribution in [3.8, 4) is 5.69 Å². The monoisotopic (exact) mass is 423 g/mol. The number of anilines is 1. The fraction of sp³-hybridized carbons (Fsp3) is 0.273. The van der Waals surface area contributed by atoms with Gasteiger partial charge in [0, 0.05) is 25.7 Å². The molecule has 1 aromatic heterocycles. The van der Waals surface area contributed by atoms with E-state index in [1.54, 1.807) is 6.33 Å². The molecule has 2 amide bonds. The van der Waals surface area contributed by atoms with Gasteiger partial charge in [0.2, 0.25) is 11.8 Å². The molecule has 0 aliphatic heterocycles. The van der Waals surface area contributed by atoms with Gasteiger partial charge in [0.15, 0.2) is 5.16 Å². The van der Waals surface area contributed by atoms with Crippen LogP contribution in [0.3, 0.4) is 0 Å². The molecule has 3 rings (SSSR count). The smallest absolute Gasteiger partial charge is 0.236 e. The van der Waals surface area contributed by atoms with E-state index in [0.717, 1.165) is 11.3 Å². The third kappa shape index (κ3) is 5.48. The van der Waals surface area contributed by atoms with Gasteiger partial charge in [0.25, 0.3) is 0 Å². The van der Waals surface area contributed by atoms with Crippen molar-refractivity contribution in [1.82, 2.24) is 19.7 Å². The number of thioether (sulfide) groups is 1. The first kappa shape index (κ1) is 21.6. The van der Waals surface area contributed by atoms with Gasteiger partial charge in [-0.15, -0.1) is 10.2 Å². The molecule has 0 spiro atoms. The van der Waals surface area contributed by atoms with Crippen LogP contribution in [0.5, 0.6) is 0 Å². The zero-order valence-corrected chi connectivity index (χ0v) is 18.1. The molecule has 3 aromatic rings. The van der Waals surface area contributed by atoms with Crippen molar-refractivity contribution in [2.24, 2.45) is 0 Å². The number of amides is 2. The van der Waals surface area contributed by atoms with Crippen LogP contribution in [-0.2, 0) is 16.1 Å². The highest BCUT2D eigenvalue weighted by Crippen LogP contribution is 2.26. The molecular weight excluding hydrogens is 398 g/mol. The molecule has 1 N–H and O–H groups in total. The Hall–Kier alpha value is -3.13. The van der Waals surface area contributed by atoms with Gasteiger partial charge in [-0.25, -0.2) is 0 Å². The number of rotatable bonds is 8. The predicted molar refractivity (Wildman–Crippen MR) is 119 cm³/mol. The highest BCUT2D eigenvalue weighted by atomic mass is 32.2. The van der Waals surface area contributed by atoms with Crippen LogP contribution in [0.1, 0.15) is 26.3 Å². The van der Waals surface area contributed by atoms with E-state index in [2.05, 4.69) is 15.5 Å². The first-order valence-corrected chi connectivity index (χ1v) is 10.6. The highest BCUT2D eigenvalue weighted by molar-refractivity contribution is 8.00. The summed E-state index contributed by atoms with van der Waals surface area (Å²) in [6.45, 7) is 6.53. The fourth-order valence-corrected chi connectivity index (χ4v) is 3.96. The first-order chi connectivity index (χ1) is 14.5. The maximum Gasteiger partial charge on any atom is 0.236 e. The number of benzene rings is 2. The largest absolute Gasteiger partial charge is 0.338 e. The van der Waals surface area contributed by atoms with E-state index in [1.807, 2.05) is 77.9 Å². The molecular formula is C22H25N5O2S. The molecule has 0 bridgehead atoms. The van der Waals surface area contributed by atoms with Crippen LogP contribution in [0, 0.1) is 0 Å². The van der Waals surface area contributed by atoms with Crippen molar-refractivity contribution in [2.75, 3.05) is 11.9 Å². The SMILES string of the molecule is CCN(Cc1ccccc1)C(=O)C(C)Sc1nncn1-c1cccc(NC(C)=O)c1. The topological polar surface area (TPSA) is 80.1 Å². The van der Waals surface area contributed by atoms with Crippen molar-refractivity contribution < 1.29 is 9.59 Å². The minimum absolute atomic E-state index is 0.0490. The lowest BCUT2D eigenvalue weighted by atomic mass is 10.2. The second-order valence-corrected chi connectivity index (χ2v) is 8.12. The van der Waals surface area contributed by atoms with Gasteiger partial charge >= 0.3 is 0 Å². The lowest BCUT2D eigenvalue weighted by Gasteiger charge is -2.24. The second kappa shape index (κ2) is 10.1. The van der Waals surface area contributed by atoms with E-state index in [1.165, 1.54) is 18.7 Å². The molecule has 0 saturated carbocycles.